The molecule has 0 saturated carbocycles. The van der Waals surface area contributed by atoms with Crippen LogP contribution >= 0.6 is 0 Å². The molecule has 18 heavy (non-hydrogen) atoms. The predicted molar refractivity (Wildman–Crippen MR) is 61.7 cm³/mol. The van der Waals surface area contributed by atoms with Gasteiger partial charge in [-0.3, -0.25) is 10.1 Å². The predicted octanol–water partition coefficient (Wildman–Crippen LogP) is 2.43. The molecule has 0 radical (unpaired) electrons. The smallest absolute Gasteiger partial charge is 0.275 e. The van der Waals surface area contributed by atoms with Gasteiger partial charge < -0.3 is 9.47 Å². The molecule has 2 rings (SSSR count). The lowest BCUT2D eigenvalue weighted by Crippen LogP contribution is -2.32. The van der Waals surface area contributed by atoms with Gasteiger partial charge in [-0.15, -0.1) is 0 Å². The number of rotatable bonds is 4. The van der Waals surface area contributed by atoms with Gasteiger partial charge in [-0.05, 0) is 18.6 Å². The number of hydrogen-bond acceptors (Lipinski definition) is 4. The van der Waals surface area contributed by atoms with Crippen molar-refractivity contribution in [1.29, 1.82) is 0 Å². The van der Waals surface area contributed by atoms with Gasteiger partial charge in [0.2, 0.25) is 0 Å². The van der Waals surface area contributed by atoms with Crippen LogP contribution in [-0.2, 0) is 15.9 Å². The quantitative estimate of drug-likeness (QED) is 0.612. The number of nitro groups is 1. The van der Waals surface area contributed by atoms with Crippen molar-refractivity contribution in [1.82, 2.24) is 0 Å². The highest BCUT2D eigenvalue weighted by Crippen LogP contribution is 2.31. The van der Waals surface area contributed by atoms with Gasteiger partial charge in [0.25, 0.3) is 5.69 Å². The van der Waals surface area contributed by atoms with Gasteiger partial charge in [-0.2, -0.15) is 0 Å². The van der Waals surface area contributed by atoms with Crippen molar-refractivity contribution in [2.45, 2.75) is 25.6 Å². The van der Waals surface area contributed by atoms with Crippen molar-refractivity contribution >= 4 is 5.69 Å². The summed E-state index contributed by atoms with van der Waals surface area (Å²) in [5.74, 6) is -1.44. The molecular weight excluding hydrogens is 241 g/mol. The molecular formula is C12H14FNO4. The number of nitrogens with zero attached hydrogens (tertiary/aromatic N) is 1. The molecule has 1 aromatic rings. The molecule has 0 aliphatic carbocycles. The van der Waals surface area contributed by atoms with Crippen molar-refractivity contribution < 1.29 is 18.8 Å². The second kappa shape index (κ2) is 4.99. The van der Waals surface area contributed by atoms with Gasteiger partial charge in [0.05, 0.1) is 24.2 Å². The van der Waals surface area contributed by atoms with Crippen LogP contribution in [0.1, 0.15) is 18.9 Å². The average molecular weight is 255 g/mol. The van der Waals surface area contributed by atoms with Crippen molar-refractivity contribution in [3.8, 4) is 0 Å². The summed E-state index contributed by atoms with van der Waals surface area (Å²) in [4.78, 5) is 10.3. The Morgan fingerprint density at radius 1 is 1.44 bits per heavy atom. The molecule has 1 saturated heterocycles. The summed E-state index contributed by atoms with van der Waals surface area (Å²) in [5.41, 5.74) is 0.187. The lowest BCUT2D eigenvalue weighted by molar-refractivity contribution is -0.386. The van der Waals surface area contributed by atoms with Crippen LogP contribution < -0.4 is 0 Å². The lowest BCUT2D eigenvalue weighted by Gasteiger charge is -2.25. The molecule has 1 aliphatic heterocycles. The van der Waals surface area contributed by atoms with E-state index in [1.165, 1.54) is 12.1 Å². The number of ether oxygens (including phenoxy) is 2. The van der Waals surface area contributed by atoms with Gasteiger partial charge >= 0.3 is 0 Å². The monoisotopic (exact) mass is 255 g/mol. The van der Waals surface area contributed by atoms with Crippen molar-refractivity contribution in [2.24, 2.45) is 0 Å². The van der Waals surface area contributed by atoms with E-state index in [2.05, 4.69) is 0 Å². The van der Waals surface area contributed by atoms with Crippen molar-refractivity contribution in [3.63, 3.8) is 0 Å². The Labute approximate surface area is 104 Å². The molecule has 0 aromatic heterocycles. The van der Waals surface area contributed by atoms with E-state index in [9.17, 15) is 14.5 Å². The zero-order valence-corrected chi connectivity index (χ0v) is 10.0. The highest BCUT2D eigenvalue weighted by atomic mass is 19.1. The minimum Gasteiger partial charge on any atom is -0.347 e. The van der Waals surface area contributed by atoms with Crippen LogP contribution in [0.2, 0.25) is 0 Å². The lowest BCUT2D eigenvalue weighted by atomic mass is 10.0. The van der Waals surface area contributed by atoms with E-state index in [-0.39, 0.29) is 12.1 Å². The Kier molecular flexibility index (Phi) is 3.58. The molecule has 6 heteroatoms. The molecule has 5 nitrogen and oxygen atoms in total. The third kappa shape index (κ3) is 2.49. The first-order chi connectivity index (χ1) is 8.56. The van der Waals surface area contributed by atoms with Gasteiger partial charge in [0.15, 0.2) is 5.79 Å². The molecule has 0 atom stereocenters. The molecule has 0 spiro atoms. The summed E-state index contributed by atoms with van der Waals surface area (Å²) in [6.45, 7) is 2.84. The summed E-state index contributed by atoms with van der Waals surface area (Å²) in [7, 11) is 0. The van der Waals surface area contributed by atoms with E-state index < -0.39 is 16.5 Å². The molecule has 98 valence electrons. The van der Waals surface area contributed by atoms with Crippen LogP contribution in [0.25, 0.3) is 0 Å². The third-order valence-electron chi connectivity index (χ3n) is 3.06. The fourth-order valence-electron chi connectivity index (χ4n) is 2.07. The summed E-state index contributed by atoms with van der Waals surface area (Å²) in [5, 5.41) is 10.9. The van der Waals surface area contributed by atoms with Gasteiger partial charge in [-0.25, -0.2) is 4.39 Å². The molecule has 0 N–H and O–H groups in total. The van der Waals surface area contributed by atoms with Crippen molar-refractivity contribution in [3.05, 3.63) is 39.7 Å². The minimum atomic E-state index is -0.817. The molecule has 0 unspecified atom stereocenters. The Hall–Kier alpha value is -1.53. The first-order valence-electron chi connectivity index (χ1n) is 5.77. The topological polar surface area (TPSA) is 61.6 Å². The highest BCUT2D eigenvalue weighted by Gasteiger charge is 2.36. The van der Waals surface area contributed by atoms with Crippen molar-refractivity contribution in [2.75, 3.05) is 13.2 Å². The Balaban J connectivity index is 2.30. The zero-order chi connectivity index (χ0) is 13.2. The van der Waals surface area contributed by atoms with Gasteiger partial charge in [-0.1, -0.05) is 6.92 Å². The van der Waals surface area contributed by atoms with Crippen LogP contribution in [0.4, 0.5) is 10.1 Å². The standard InChI is InChI=1S/C12H14FNO4/c1-2-12(17-5-6-18-12)8-9-3-4-10(13)7-11(9)14(15)16/h3-4,7H,2,5-6,8H2,1H3. The second-order valence-electron chi connectivity index (χ2n) is 4.17. The maximum Gasteiger partial charge on any atom is 0.275 e. The van der Waals surface area contributed by atoms with E-state index in [0.717, 1.165) is 6.07 Å². The maximum atomic E-state index is 13.0. The molecule has 1 aromatic carbocycles. The van der Waals surface area contributed by atoms with Gasteiger partial charge in [0, 0.05) is 12.0 Å². The van der Waals surface area contributed by atoms with E-state index >= 15 is 0 Å². The summed E-state index contributed by atoms with van der Waals surface area (Å²) >= 11 is 0. The molecule has 1 aliphatic rings. The number of benzene rings is 1. The SMILES string of the molecule is CCC1(Cc2ccc(F)cc2[N+](=O)[O-])OCCO1. The Morgan fingerprint density at radius 2 is 2.11 bits per heavy atom. The summed E-state index contributed by atoms with van der Waals surface area (Å²) < 4.78 is 24.1. The molecule has 0 amide bonds. The van der Waals surface area contributed by atoms with E-state index in [1.54, 1.807) is 0 Å². The van der Waals surface area contributed by atoms with E-state index in [1.807, 2.05) is 6.92 Å². The third-order valence-corrected chi connectivity index (χ3v) is 3.06. The van der Waals surface area contributed by atoms with Crippen LogP contribution in [0.5, 0.6) is 0 Å². The molecule has 1 heterocycles. The van der Waals surface area contributed by atoms with E-state index in [4.69, 9.17) is 9.47 Å². The Bertz CT molecular complexity index is 457. The first kappa shape index (κ1) is 12.9. The zero-order valence-electron chi connectivity index (χ0n) is 10.0. The normalized spacial score (nSPS) is 17.9. The highest BCUT2D eigenvalue weighted by molar-refractivity contribution is 5.41. The summed E-state index contributed by atoms with van der Waals surface area (Å²) in [6.07, 6.45) is 0.835. The van der Waals surface area contributed by atoms with Crippen LogP contribution in [0.3, 0.4) is 0 Å². The van der Waals surface area contributed by atoms with Crippen LogP contribution in [0, 0.1) is 15.9 Å². The number of nitro benzene ring substituents is 1. The molecule has 1 fully saturated rings. The van der Waals surface area contributed by atoms with Crippen LogP contribution in [0.15, 0.2) is 18.2 Å². The maximum absolute atomic E-state index is 13.0. The Morgan fingerprint density at radius 3 is 2.67 bits per heavy atom. The minimum absolute atomic E-state index is 0.234. The second-order valence-corrected chi connectivity index (χ2v) is 4.17. The fourth-order valence-corrected chi connectivity index (χ4v) is 2.07. The molecule has 0 bridgehead atoms. The summed E-state index contributed by atoms with van der Waals surface area (Å²) in [6, 6.07) is 3.55. The fraction of sp³-hybridized carbons (Fsp3) is 0.500. The largest absolute Gasteiger partial charge is 0.347 e. The number of hydrogen-bond donors (Lipinski definition) is 0. The first-order valence-corrected chi connectivity index (χ1v) is 5.77. The average Bonchev–Trinajstić information content (AvgIpc) is 2.80. The van der Waals surface area contributed by atoms with Crippen LogP contribution in [-0.4, -0.2) is 23.9 Å². The number of halogens is 1. The van der Waals surface area contributed by atoms with E-state index in [0.29, 0.717) is 25.2 Å². The van der Waals surface area contributed by atoms with Gasteiger partial charge in [0.1, 0.15) is 5.82 Å².